The second kappa shape index (κ2) is 5.31. The molecule has 0 N–H and O–H groups in total. The zero-order valence-corrected chi connectivity index (χ0v) is 4.53. The Balaban J connectivity index is 2.34. The van der Waals surface area contributed by atoms with E-state index in [0.717, 1.165) is 0 Å². The Morgan fingerprint density at radius 2 is 2.50 bits per heavy atom. The fourth-order valence-electron chi connectivity index (χ4n) is 0.162. The van der Waals surface area contributed by atoms with Gasteiger partial charge in [-0.3, -0.25) is 0 Å². The Hall–Kier alpha value is 0.315. The van der Waals surface area contributed by atoms with Crippen molar-refractivity contribution < 1.29 is 4.65 Å². The van der Waals surface area contributed by atoms with Crippen LogP contribution in [0.5, 0.6) is 0 Å². The highest BCUT2D eigenvalue weighted by Crippen LogP contribution is 1.73. The van der Waals surface area contributed by atoms with Crippen LogP contribution in [0.15, 0.2) is 0 Å². The first-order chi connectivity index (χ1) is 2.91. The van der Waals surface area contributed by atoms with Crippen molar-refractivity contribution in [2.75, 3.05) is 12.5 Å². The van der Waals surface area contributed by atoms with E-state index >= 15 is 0 Å². The lowest BCUT2D eigenvalue weighted by Gasteiger charge is -1.89. The highest BCUT2D eigenvalue weighted by Gasteiger charge is 1.77. The lowest BCUT2D eigenvalue weighted by molar-refractivity contribution is 0.367. The van der Waals surface area contributed by atoms with Crippen LogP contribution in [0.25, 0.3) is 0 Å². The Kier molecular flexibility index (Phi) is 5.59. The third-order valence-electron chi connectivity index (χ3n) is 0.362. The number of rotatable bonds is 3. The molecule has 1 nitrogen and oxygen atoms in total. The summed E-state index contributed by atoms with van der Waals surface area (Å²) in [5.41, 5.74) is 0. The van der Waals surface area contributed by atoms with Gasteiger partial charge in [-0.05, 0) is 0 Å². The molecule has 0 unspecified atom stereocenters. The summed E-state index contributed by atoms with van der Waals surface area (Å²) in [7, 11) is 1.63. The first-order valence-electron chi connectivity index (χ1n) is 1.87. The maximum Gasteiger partial charge on any atom is 0.289 e. The van der Waals surface area contributed by atoms with Gasteiger partial charge in [0, 0.05) is 12.5 Å². The van der Waals surface area contributed by atoms with Crippen LogP contribution in [0, 0.1) is 0 Å². The van der Waals surface area contributed by atoms with Crippen molar-refractivity contribution in [2.24, 2.45) is 0 Å². The fraction of sp³-hybridized carbons (Fsp3) is 1.00. The average Bonchev–Trinajstić information content (AvgIpc) is 1.61. The van der Waals surface area contributed by atoms with Crippen molar-refractivity contribution in [2.45, 2.75) is 6.82 Å². The minimum absolute atomic E-state index is 0.574. The molecule has 0 amide bonds. The largest absolute Gasteiger partial charge is 0.440 e. The van der Waals surface area contributed by atoms with Crippen LogP contribution in [0.2, 0.25) is 6.82 Å². The summed E-state index contributed by atoms with van der Waals surface area (Å²) in [5.74, 6) is 0.574. The van der Waals surface area contributed by atoms with Crippen LogP contribution in [-0.2, 0) is 4.65 Å². The molecule has 0 saturated heterocycles. The zero-order chi connectivity index (χ0) is 4.83. The summed E-state index contributed by atoms with van der Waals surface area (Å²) in [6, 6.07) is 0. The zero-order valence-electron chi connectivity index (χ0n) is 3.78. The molecular weight excluding hydrogens is 98.3 g/mol. The Labute approximate surface area is 43.9 Å². The highest BCUT2D eigenvalue weighted by atomic mass is 35.5. The molecule has 0 aliphatic heterocycles. The van der Waals surface area contributed by atoms with Crippen LogP contribution in [0.1, 0.15) is 0 Å². The molecule has 0 aliphatic carbocycles. The van der Waals surface area contributed by atoms with E-state index in [1.165, 1.54) is 0 Å². The summed E-state index contributed by atoms with van der Waals surface area (Å²) in [5, 5.41) is 0. The van der Waals surface area contributed by atoms with Crippen LogP contribution in [0.3, 0.4) is 0 Å². The summed E-state index contributed by atoms with van der Waals surface area (Å²) in [6.07, 6.45) is 0. The highest BCUT2D eigenvalue weighted by molar-refractivity contribution is 6.25. The van der Waals surface area contributed by atoms with E-state index in [0.29, 0.717) is 12.5 Å². The third-order valence-corrected chi connectivity index (χ3v) is 0.516. The summed E-state index contributed by atoms with van der Waals surface area (Å²) in [4.78, 5) is 0. The standard InChI is InChI=1S/C3H7BClO/c1-4-6-3-2-5/h2-3H2,1H3. The van der Waals surface area contributed by atoms with Gasteiger partial charge in [0.25, 0.3) is 7.48 Å². The van der Waals surface area contributed by atoms with Gasteiger partial charge in [0.05, 0.1) is 0 Å². The molecule has 0 aromatic heterocycles. The van der Waals surface area contributed by atoms with E-state index in [-0.39, 0.29) is 0 Å². The molecule has 0 aromatic carbocycles. The van der Waals surface area contributed by atoms with Crippen molar-refractivity contribution in [3.8, 4) is 0 Å². The van der Waals surface area contributed by atoms with E-state index in [1.807, 2.05) is 6.82 Å². The molecule has 6 heavy (non-hydrogen) atoms. The van der Waals surface area contributed by atoms with Gasteiger partial charge in [-0.2, -0.15) is 0 Å². The van der Waals surface area contributed by atoms with Gasteiger partial charge in [0.15, 0.2) is 0 Å². The minimum atomic E-state index is 0.574. The molecule has 1 radical (unpaired) electrons. The third kappa shape index (κ3) is 4.31. The van der Waals surface area contributed by atoms with Crippen molar-refractivity contribution in [3.05, 3.63) is 0 Å². The predicted octanol–water partition coefficient (Wildman–Crippen LogP) is 0.909. The maximum atomic E-state index is 5.24. The molecule has 0 aromatic rings. The molecular formula is C3H7BClO. The van der Waals surface area contributed by atoms with Gasteiger partial charge in [-0.1, -0.05) is 6.82 Å². The summed E-state index contributed by atoms with van der Waals surface area (Å²) >= 11 is 5.24. The average molecular weight is 105 g/mol. The van der Waals surface area contributed by atoms with Crippen LogP contribution in [0.4, 0.5) is 0 Å². The van der Waals surface area contributed by atoms with E-state index < -0.39 is 0 Å². The van der Waals surface area contributed by atoms with E-state index in [1.54, 1.807) is 7.48 Å². The lowest BCUT2D eigenvalue weighted by atomic mass is 10.1. The Bertz CT molecular complexity index is 22.8. The first kappa shape index (κ1) is 6.31. The fourth-order valence-corrected chi connectivity index (χ4v) is 0.251. The minimum Gasteiger partial charge on any atom is -0.440 e. The first-order valence-corrected chi connectivity index (χ1v) is 2.40. The normalized spacial score (nSPS) is 8.33. The summed E-state index contributed by atoms with van der Waals surface area (Å²) in [6.45, 7) is 2.45. The Morgan fingerprint density at radius 3 is 2.67 bits per heavy atom. The van der Waals surface area contributed by atoms with Crippen LogP contribution in [-0.4, -0.2) is 20.0 Å². The molecule has 0 fully saturated rings. The smallest absolute Gasteiger partial charge is 0.289 e. The topological polar surface area (TPSA) is 9.23 Å². The van der Waals surface area contributed by atoms with Gasteiger partial charge >= 0.3 is 0 Å². The maximum absolute atomic E-state index is 5.24. The number of halogens is 1. The second-order valence-corrected chi connectivity index (χ2v) is 1.17. The van der Waals surface area contributed by atoms with Crippen LogP contribution >= 0.6 is 11.6 Å². The van der Waals surface area contributed by atoms with Gasteiger partial charge in [0.2, 0.25) is 0 Å². The number of alkyl halides is 1. The molecule has 3 heteroatoms. The molecule has 0 saturated carbocycles. The van der Waals surface area contributed by atoms with Gasteiger partial charge in [-0.25, -0.2) is 0 Å². The summed E-state index contributed by atoms with van der Waals surface area (Å²) < 4.78 is 4.73. The lowest BCUT2D eigenvalue weighted by Crippen LogP contribution is -1.95. The van der Waals surface area contributed by atoms with Crippen molar-refractivity contribution in [3.63, 3.8) is 0 Å². The molecule has 0 atom stereocenters. The molecule has 0 rings (SSSR count). The molecule has 35 valence electrons. The molecule has 0 aliphatic rings. The SMILES string of the molecule is C[B]OCCCl. The van der Waals surface area contributed by atoms with E-state index in [4.69, 9.17) is 16.3 Å². The van der Waals surface area contributed by atoms with Crippen molar-refractivity contribution >= 4 is 19.1 Å². The van der Waals surface area contributed by atoms with Gasteiger partial charge < -0.3 is 4.65 Å². The number of hydrogen-bond donors (Lipinski definition) is 0. The van der Waals surface area contributed by atoms with Gasteiger partial charge in [-0.15, -0.1) is 11.6 Å². The quantitative estimate of drug-likeness (QED) is 0.294. The second-order valence-electron chi connectivity index (χ2n) is 0.795. The van der Waals surface area contributed by atoms with E-state index in [9.17, 15) is 0 Å². The predicted molar refractivity (Wildman–Crippen MR) is 28.3 cm³/mol. The molecule has 0 spiro atoms. The van der Waals surface area contributed by atoms with E-state index in [2.05, 4.69) is 0 Å². The number of hydrogen-bond acceptors (Lipinski definition) is 1. The van der Waals surface area contributed by atoms with Crippen molar-refractivity contribution in [1.82, 2.24) is 0 Å². The monoisotopic (exact) mass is 105 g/mol. The molecule has 0 bridgehead atoms. The van der Waals surface area contributed by atoms with Gasteiger partial charge in [0.1, 0.15) is 0 Å². The molecule has 0 heterocycles. The van der Waals surface area contributed by atoms with Crippen LogP contribution < -0.4 is 0 Å². The van der Waals surface area contributed by atoms with Crippen molar-refractivity contribution in [1.29, 1.82) is 0 Å². The Morgan fingerprint density at radius 1 is 1.83 bits per heavy atom.